The Balaban J connectivity index is 1.63. The third-order valence-electron chi connectivity index (χ3n) is 5.40. The van der Waals surface area contributed by atoms with Gasteiger partial charge in [-0.2, -0.15) is 0 Å². The molecule has 1 atom stereocenters. The first-order valence-corrected chi connectivity index (χ1v) is 12.3. The van der Waals surface area contributed by atoms with Gasteiger partial charge in [0.05, 0.1) is 41.4 Å². The molecule has 1 unspecified atom stereocenters. The van der Waals surface area contributed by atoms with Gasteiger partial charge in [-0.1, -0.05) is 6.07 Å². The molecule has 35 heavy (non-hydrogen) atoms. The highest BCUT2D eigenvalue weighted by molar-refractivity contribution is 7.91. The van der Waals surface area contributed by atoms with E-state index in [0.717, 1.165) is 0 Å². The fourth-order valence-corrected chi connectivity index (χ4v) is 5.04. The Morgan fingerprint density at radius 3 is 2.54 bits per heavy atom. The number of carboxylic acid groups (broad SMARTS) is 1. The molecule has 2 heterocycles. The number of nitrogens with zero attached hydrogens (tertiary/aromatic N) is 1. The molecule has 3 N–H and O–H groups in total. The van der Waals surface area contributed by atoms with E-state index in [0.29, 0.717) is 4.90 Å². The highest BCUT2D eigenvalue weighted by atomic mass is 32.2. The molecular formula is C21H23N3O10S. The summed E-state index contributed by atoms with van der Waals surface area (Å²) in [5.41, 5.74) is -0.486. The number of rotatable bonds is 11. The molecule has 1 saturated heterocycles. The average molecular weight is 509 g/mol. The van der Waals surface area contributed by atoms with Crippen molar-refractivity contribution in [3.05, 3.63) is 29.3 Å². The van der Waals surface area contributed by atoms with Crippen molar-refractivity contribution in [2.45, 2.75) is 36.6 Å². The van der Waals surface area contributed by atoms with Crippen LogP contribution in [-0.2, 0) is 33.8 Å². The van der Waals surface area contributed by atoms with Crippen LogP contribution in [0.1, 0.15) is 46.4 Å². The van der Waals surface area contributed by atoms with Crippen molar-refractivity contribution in [3.8, 4) is 0 Å². The minimum Gasteiger partial charge on any atom is -0.481 e. The lowest BCUT2D eigenvalue weighted by molar-refractivity contribution is -0.138. The van der Waals surface area contributed by atoms with Crippen LogP contribution in [0.3, 0.4) is 0 Å². The van der Waals surface area contributed by atoms with Gasteiger partial charge < -0.3 is 15.2 Å². The number of amides is 5. The molecule has 3 rings (SSSR count). The molecule has 0 aromatic heterocycles. The molecule has 0 spiro atoms. The van der Waals surface area contributed by atoms with Gasteiger partial charge in [0.15, 0.2) is 9.84 Å². The quantitative estimate of drug-likeness (QED) is 0.242. The molecule has 13 nitrogen and oxygen atoms in total. The van der Waals surface area contributed by atoms with Crippen LogP contribution in [0.4, 0.5) is 0 Å². The number of sulfone groups is 1. The predicted octanol–water partition coefficient (Wildman–Crippen LogP) is -1.14. The zero-order valence-corrected chi connectivity index (χ0v) is 19.3. The van der Waals surface area contributed by atoms with Gasteiger partial charge in [-0.15, -0.1) is 0 Å². The number of benzene rings is 1. The predicted molar refractivity (Wildman–Crippen MR) is 116 cm³/mol. The summed E-state index contributed by atoms with van der Waals surface area (Å²) < 4.78 is 31.0. The number of imide groups is 2. The lowest BCUT2D eigenvalue weighted by Crippen LogP contribution is -2.54. The number of carbonyl (C=O) groups excluding carboxylic acids is 5. The van der Waals surface area contributed by atoms with Gasteiger partial charge in [-0.05, 0) is 18.6 Å². The smallest absolute Gasteiger partial charge is 0.305 e. The molecular weight excluding hydrogens is 486 g/mol. The van der Waals surface area contributed by atoms with Gasteiger partial charge in [0.1, 0.15) is 6.04 Å². The molecule has 2 aliphatic heterocycles. The zero-order chi connectivity index (χ0) is 25.8. The van der Waals surface area contributed by atoms with E-state index in [4.69, 9.17) is 9.84 Å². The van der Waals surface area contributed by atoms with Crippen molar-refractivity contribution in [1.82, 2.24) is 15.5 Å². The van der Waals surface area contributed by atoms with Crippen LogP contribution >= 0.6 is 0 Å². The Bertz CT molecular complexity index is 1190. The van der Waals surface area contributed by atoms with E-state index in [-0.39, 0.29) is 61.5 Å². The van der Waals surface area contributed by atoms with Gasteiger partial charge >= 0.3 is 5.97 Å². The van der Waals surface area contributed by atoms with Crippen LogP contribution in [-0.4, -0.2) is 85.5 Å². The molecule has 1 fully saturated rings. The van der Waals surface area contributed by atoms with Gasteiger partial charge in [0, 0.05) is 19.4 Å². The van der Waals surface area contributed by atoms with Gasteiger partial charge in [0.25, 0.3) is 11.8 Å². The van der Waals surface area contributed by atoms with Crippen molar-refractivity contribution < 1.29 is 47.0 Å². The summed E-state index contributed by atoms with van der Waals surface area (Å²) in [6, 6.07) is 2.57. The Morgan fingerprint density at radius 2 is 1.86 bits per heavy atom. The van der Waals surface area contributed by atoms with Gasteiger partial charge in [-0.25, -0.2) is 8.42 Å². The van der Waals surface area contributed by atoms with Crippen molar-refractivity contribution in [1.29, 1.82) is 0 Å². The molecule has 0 saturated carbocycles. The summed E-state index contributed by atoms with van der Waals surface area (Å²) >= 11 is 0. The monoisotopic (exact) mass is 509 g/mol. The fourth-order valence-electron chi connectivity index (χ4n) is 3.69. The number of fused-ring (bicyclic) bond motifs is 1. The largest absolute Gasteiger partial charge is 0.481 e. The number of carbonyl (C=O) groups is 6. The Morgan fingerprint density at radius 1 is 1.11 bits per heavy atom. The van der Waals surface area contributed by atoms with Gasteiger partial charge in [-0.3, -0.25) is 39.0 Å². The SMILES string of the molecule is O=C(O)CCNC(=O)CCOCCS(=O)(=O)c1cccc2c1C(=O)N(C1CCC(=O)NC1=O)C2=O. The standard InChI is InChI=1S/C21H23N3O10S/c25-15(22-8-6-17(27)28)7-9-34-10-11-35(32,33)14-3-1-2-12-18(14)21(31)24(20(12)30)13-4-5-16(26)23-19(13)29/h1-3,13H,4-11H2,(H,22,25)(H,27,28)(H,23,26,29). The summed E-state index contributed by atoms with van der Waals surface area (Å²) in [6.45, 7) is -0.445. The molecule has 1 aromatic carbocycles. The Kier molecular flexibility index (Phi) is 7.96. The second kappa shape index (κ2) is 10.7. The minimum atomic E-state index is -4.09. The summed E-state index contributed by atoms with van der Waals surface area (Å²) in [4.78, 5) is 71.8. The number of nitrogens with one attached hydrogen (secondary N) is 2. The highest BCUT2D eigenvalue weighted by Gasteiger charge is 2.46. The number of ether oxygens (including phenoxy) is 1. The maximum absolute atomic E-state index is 13.0. The van der Waals surface area contributed by atoms with Crippen LogP contribution in [0.15, 0.2) is 23.1 Å². The summed E-state index contributed by atoms with van der Waals surface area (Å²) in [5, 5.41) is 13.0. The van der Waals surface area contributed by atoms with Crippen molar-refractivity contribution in [2.75, 3.05) is 25.5 Å². The molecule has 0 radical (unpaired) electrons. The second-order valence-corrected chi connectivity index (χ2v) is 9.88. The number of hydrogen-bond acceptors (Lipinski definition) is 9. The van der Waals surface area contributed by atoms with Crippen molar-refractivity contribution in [2.24, 2.45) is 0 Å². The minimum absolute atomic E-state index is 0.0374. The second-order valence-electron chi connectivity index (χ2n) is 7.80. The maximum atomic E-state index is 13.0. The normalized spacial score (nSPS) is 17.8. The van der Waals surface area contributed by atoms with E-state index in [1.54, 1.807) is 0 Å². The average Bonchev–Trinajstić information content (AvgIpc) is 3.03. The topological polar surface area (TPSA) is 193 Å². The molecule has 1 aromatic rings. The van der Waals surface area contributed by atoms with Gasteiger partial charge in [0.2, 0.25) is 17.7 Å². The lowest BCUT2D eigenvalue weighted by Gasteiger charge is -2.27. The number of piperidine rings is 1. The van der Waals surface area contributed by atoms with Crippen LogP contribution in [0, 0.1) is 0 Å². The third kappa shape index (κ3) is 5.89. The first-order valence-electron chi connectivity index (χ1n) is 10.7. The molecule has 188 valence electrons. The number of hydrogen-bond donors (Lipinski definition) is 3. The van der Waals surface area contributed by atoms with E-state index in [1.165, 1.54) is 18.2 Å². The first-order chi connectivity index (χ1) is 16.5. The fraction of sp³-hybridized carbons (Fsp3) is 0.429. The zero-order valence-electron chi connectivity index (χ0n) is 18.4. The Labute approximate surface area is 199 Å². The van der Waals surface area contributed by atoms with E-state index in [1.807, 2.05) is 0 Å². The highest BCUT2D eigenvalue weighted by Crippen LogP contribution is 2.32. The lowest BCUT2D eigenvalue weighted by atomic mass is 10.0. The van der Waals surface area contributed by atoms with Crippen molar-refractivity contribution >= 4 is 45.3 Å². The van der Waals surface area contributed by atoms with E-state index >= 15 is 0 Å². The molecule has 2 aliphatic rings. The number of carboxylic acids is 1. The van der Waals surface area contributed by atoms with E-state index in [9.17, 15) is 37.2 Å². The Hall–Kier alpha value is -3.65. The molecule has 14 heteroatoms. The summed E-state index contributed by atoms with van der Waals surface area (Å²) in [6.07, 6.45) is -0.456. The molecule has 0 aliphatic carbocycles. The van der Waals surface area contributed by atoms with Crippen LogP contribution < -0.4 is 10.6 Å². The first kappa shape index (κ1) is 26.0. The number of aliphatic carboxylic acids is 1. The molecule has 0 bridgehead atoms. The summed E-state index contributed by atoms with van der Waals surface area (Å²) in [7, 11) is -4.09. The van der Waals surface area contributed by atoms with Crippen molar-refractivity contribution in [3.63, 3.8) is 0 Å². The summed E-state index contributed by atoms with van der Waals surface area (Å²) in [5.74, 6) is -5.12. The van der Waals surface area contributed by atoms with Crippen LogP contribution in [0.2, 0.25) is 0 Å². The third-order valence-corrected chi connectivity index (χ3v) is 7.11. The van der Waals surface area contributed by atoms with E-state index < -0.39 is 57.1 Å². The van der Waals surface area contributed by atoms with Crippen LogP contribution in [0.5, 0.6) is 0 Å². The molecule has 5 amide bonds. The van der Waals surface area contributed by atoms with Crippen LogP contribution in [0.25, 0.3) is 0 Å². The maximum Gasteiger partial charge on any atom is 0.305 e. The van der Waals surface area contributed by atoms with E-state index in [2.05, 4.69) is 10.6 Å².